The van der Waals surface area contributed by atoms with Crippen LogP contribution in [0, 0.1) is 40.4 Å². The summed E-state index contributed by atoms with van der Waals surface area (Å²) < 4.78 is 74.6. The van der Waals surface area contributed by atoms with Gasteiger partial charge in [-0.05, 0) is 91.8 Å². The van der Waals surface area contributed by atoms with Gasteiger partial charge in [-0.1, -0.05) is 65.2 Å². The SMILES string of the molecule is C[C@]12CCC(=O)C[C@@H]1CC[C@@H]1[C@@H]2[C@@H](CCCCCCCCCCS(=O)CCCC(F)(F)C(F)(F)F)C[C@]2(C)[C@@H](O)CC[C@@H]12. The first-order valence-corrected chi connectivity index (χ1v) is 18.7. The number of fused-ring (bicyclic) bond motifs is 5. The van der Waals surface area contributed by atoms with Crippen LogP contribution in [-0.2, 0) is 15.6 Å². The van der Waals surface area contributed by atoms with Gasteiger partial charge in [-0.25, -0.2) is 0 Å². The number of halogens is 5. The molecule has 4 aliphatic carbocycles. The molecule has 1 unspecified atom stereocenters. The van der Waals surface area contributed by atoms with Crippen LogP contribution in [0.1, 0.15) is 136 Å². The highest BCUT2D eigenvalue weighted by Gasteiger charge is 2.62. The van der Waals surface area contributed by atoms with Crippen molar-refractivity contribution >= 4 is 16.6 Å². The summed E-state index contributed by atoms with van der Waals surface area (Å²) >= 11 is 0. The summed E-state index contributed by atoms with van der Waals surface area (Å²) in [4.78, 5) is 12.4. The van der Waals surface area contributed by atoms with E-state index < -0.39 is 29.3 Å². The van der Waals surface area contributed by atoms with Crippen molar-refractivity contribution in [2.75, 3.05) is 11.5 Å². The van der Waals surface area contributed by atoms with E-state index >= 15 is 0 Å². The lowest BCUT2D eigenvalue weighted by molar-refractivity contribution is -0.284. The number of Topliss-reactive ketones (excluding diaryl/α,β-unsaturated/α-hetero) is 1. The summed E-state index contributed by atoms with van der Waals surface area (Å²) in [5.74, 6) is -0.853. The number of hydrogen-bond donors (Lipinski definition) is 1. The van der Waals surface area contributed by atoms with E-state index in [0.717, 1.165) is 64.2 Å². The molecule has 0 bridgehead atoms. The molecule has 0 aromatic rings. The van der Waals surface area contributed by atoms with Crippen LogP contribution in [0.4, 0.5) is 22.0 Å². The van der Waals surface area contributed by atoms with Gasteiger partial charge in [0, 0.05) is 41.6 Å². The average Bonchev–Trinajstić information content (AvgIpc) is 3.22. The number of rotatable bonds is 15. The first kappa shape index (κ1) is 35.3. The number of carbonyl (C=O) groups excluding carboxylic acids is 1. The third-order valence-electron chi connectivity index (χ3n) is 12.5. The van der Waals surface area contributed by atoms with Crippen molar-refractivity contribution in [3.63, 3.8) is 0 Å². The van der Waals surface area contributed by atoms with Crippen molar-refractivity contribution in [1.82, 2.24) is 0 Å². The highest BCUT2D eigenvalue weighted by molar-refractivity contribution is 7.84. The number of unbranched alkanes of at least 4 members (excludes halogenated alkanes) is 7. The van der Waals surface area contributed by atoms with Crippen molar-refractivity contribution in [1.29, 1.82) is 0 Å². The second kappa shape index (κ2) is 14.5. The van der Waals surface area contributed by atoms with Gasteiger partial charge < -0.3 is 5.11 Å². The highest BCUT2D eigenvalue weighted by atomic mass is 32.2. The molecular weight excluding hydrogens is 583 g/mol. The van der Waals surface area contributed by atoms with Gasteiger partial charge in [0.2, 0.25) is 0 Å². The summed E-state index contributed by atoms with van der Waals surface area (Å²) in [6, 6.07) is 0. The zero-order chi connectivity index (χ0) is 31.5. The minimum atomic E-state index is -5.54. The number of ketones is 1. The van der Waals surface area contributed by atoms with Crippen LogP contribution in [0.15, 0.2) is 0 Å². The maximum absolute atomic E-state index is 13.0. The van der Waals surface area contributed by atoms with Crippen LogP contribution in [0.2, 0.25) is 0 Å². The lowest BCUT2D eigenvalue weighted by Gasteiger charge is -2.62. The molecule has 1 N–H and O–H groups in total. The molecule has 0 aliphatic heterocycles. The molecule has 0 radical (unpaired) electrons. The highest BCUT2D eigenvalue weighted by Crippen LogP contribution is 2.68. The van der Waals surface area contributed by atoms with Gasteiger partial charge in [-0.2, -0.15) is 22.0 Å². The Hall–Kier alpha value is -0.570. The Kier molecular flexibility index (Phi) is 11.9. The molecule has 0 spiro atoms. The van der Waals surface area contributed by atoms with Crippen molar-refractivity contribution in [2.45, 2.75) is 154 Å². The van der Waals surface area contributed by atoms with Crippen molar-refractivity contribution < 1.29 is 36.1 Å². The zero-order valence-corrected chi connectivity index (χ0v) is 27.2. The fraction of sp³-hybridized carbons (Fsp3) is 0.971. The standard InChI is InChI=1S/C34H55F5O3S/c1-31-19-17-26(40)22-25(31)13-14-27-28-15-16-29(41)32(28,2)23-24(30(27)31)12-9-7-5-3-4-6-8-10-20-43(42)21-11-18-33(35,36)34(37,38)39/h24-25,27-30,41H,3-23H2,1-2H3/t24-,25-,27-,28-,29-,30-,31-,32-,43?/m0/s1. The van der Waals surface area contributed by atoms with Gasteiger partial charge in [-0.3, -0.25) is 9.00 Å². The molecule has 4 rings (SSSR count). The quantitative estimate of drug-likeness (QED) is 0.144. The molecule has 9 atom stereocenters. The number of alkyl halides is 5. The van der Waals surface area contributed by atoms with Crippen molar-refractivity contribution in [3.05, 3.63) is 0 Å². The number of aliphatic hydroxyl groups excluding tert-OH is 1. The minimum absolute atomic E-state index is 0.0390. The first-order valence-electron chi connectivity index (χ1n) is 17.2. The lowest BCUT2D eigenvalue weighted by atomic mass is 9.42. The molecular formula is C34H55F5O3S. The fourth-order valence-electron chi connectivity index (χ4n) is 10.1. The van der Waals surface area contributed by atoms with Crippen LogP contribution in [0.25, 0.3) is 0 Å². The molecule has 4 fully saturated rings. The topological polar surface area (TPSA) is 54.4 Å². The van der Waals surface area contributed by atoms with Gasteiger partial charge in [0.1, 0.15) is 5.78 Å². The van der Waals surface area contributed by atoms with Gasteiger partial charge in [0.05, 0.1) is 6.10 Å². The van der Waals surface area contributed by atoms with E-state index in [2.05, 4.69) is 13.8 Å². The monoisotopic (exact) mass is 638 g/mol. The fourth-order valence-corrected chi connectivity index (χ4v) is 11.3. The molecule has 4 aliphatic rings. The second-order valence-corrected chi connectivity index (χ2v) is 16.8. The Morgan fingerprint density at radius 2 is 1.47 bits per heavy atom. The van der Waals surface area contributed by atoms with Gasteiger partial charge in [0.25, 0.3) is 0 Å². The second-order valence-electron chi connectivity index (χ2n) is 15.2. The smallest absolute Gasteiger partial charge is 0.393 e. The van der Waals surface area contributed by atoms with Gasteiger partial charge in [-0.15, -0.1) is 0 Å². The van der Waals surface area contributed by atoms with Gasteiger partial charge in [0.15, 0.2) is 0 Å². The summed E-state index contributed by atoms with van der Waals surface area (Å²) in [6.45, 7) is 4.86. The summed E-state index contributed by atoms with van der Waals surface area (Å²) in [5, 5.41) is 11.1. The van der Waals surface area contributed by atoms with E-state index in [1.807, 2.05) is 0 Å². The first-order chi connectivity index (χ1) is 20.2. The number of hydrogen-bond acceptors (Lipinski definition) is 3. The largest absolute Gasteiger partial charge is 0.453 e. The normalized spacial score (nSPS) is 37.1. The summed E-state index contributed by atoms with van der Waals surface area (Å²) in [7, 11) is -1.35. The summed E-state index contributed by atoms with van der Waals surface area (Å²) in [6.07, 6.45) is 10.4. The molecule has 0 heterocycles. The van der Waals surface area contributed by atoms with Crippen LogP contribution in [0.3, 0.4) is 0 Å². The Balaban J connectivity index is 1.14. The van der Waals surface area contributed by atoms with Gasteiger partial charge >= 0.3 is 12.1 Å². The lowest BCUT2D eigenvalue weighted by Crippen LogP contribution is -2.57. The van der Waals surface area contributed by atoms with E-state index in [9.17, 15) is 36.1 Å². The Morgan fingerprint density at radius 3 is 2.14 bits per heavy atom. The Labute approximate surface area is 258 Å². The van der Waals surface area contributed by atoms with Crippen molar-refractivity contribution in [3.8, 4) is 0 Å². The molecule has 9 heteroatoms. The predicted molar refractivity (Wildman–Crippen MR) is 161 cm³/mol. The van der Waals surface area contributed by atoms with Crippen LogP contribution in [-0.4, -0.2) is 44.8 Å². The van der Waals surface area contributed by atoms with E-state index in [4.69, 9.17) is 0 Å². The molecule has 43 heavy (non-hydrogen) atoms. The Bertz CT molecular complexity index is 957. The molecule has 0 saturated heterocycles. The van der Waals surface area contributed by atoms with E-state index in [1.54, 1.807) is 0 Å². The molecule has 4 saturated carbocycles. The van der Waals surface area contributed by atoms with Crippen LogP contribution in [0.5, 0.6) is 0 Å². The van der Waals surface area contributed by atoms with E-state index in [-0.39, 0.29) is 29.1 Å². The maximum Gasteiger partial charge on any atom is 0.453 e. The molecule has 250 valence electrons. The Morgan fingerprint density at radius 1 is 0.837 bits per heavy atom. The molecule has 0 amide bonds. The number of carbonyl (C=O) groups is 1. The maximum atomic E-state index is 13.0. The van der Waals surface area contributed by atoms with E-state index in [1.165, 1.54) is 38.5 Å². The molecule has 0 aromatic carbocycles. The zero-order valence-electron chi connectivity index (χ0n) is 26.4. The molecule has 3 nitrogen and oxygen atoms in total. The molecule has 0 aromatic heterocycles. The predicted octanol–water partition coefficient (Wildman–Crippen LogP) is 9.42. The van der Waals surface area contributed by atoms with Crippen molar-refractivity contribution in [2.24, 2.45) is 40.4 Å². The third kappa shape index (κ3) is 8.05. The van der Waals surface area contributed by atoms with E-state index in [0.29, 0.717) is 47.5 Å². The van der Waals surface area contributed by atoms with Crippen LogP contribution >= 0.6 is 0 Å². The third-order valence-corrected chi connectivity index (χ3v) is 14.0. The summed E-state index contributed by atoms with van der Waals surface area (Å²) in [5.41, 5.74) is 0.297. The number of aliphatic hydroxyl groups is 1. The average molecular weight is 639 g/mol. The minimum Gasteiger partial charge on any atom is -0.393 e. The van der Waals surface area contributed by atoms with Crippen LogP contribution < -0.4 is 0 Å².